The van der Waals surface area contributed by atoms with Gasteiger partial charge in [0.1, 0.15) is 5.52 Å². The van der Waals surface area contributed by atoms with Crippen LogP contribution < -0.4 is 5.43 Å². The van der Waals surface area contributed by atoms with Gasteiger partial charge in [-0.25, -0.2) is 5.01 Å². The fourth-order valence-electron chi connectivity index (χ4n) is 2.06. The number of hydrogen-bond donors (Lipinski definition) is 1. The Hall–Kier alpha value is -1.55. The maximum Gasteiger partial charge on any atom is 0.310 e. The Morgan fingerprint density at radius 3 is 2.75 bits per heavy atom. The van der Waals surface area contributed by atoms with Crippen molar-refractivity contribution < 1.29 is 4.42 Å². The largest absolute Gasteiger partial charge is 0.423 e. The normalized spacial score (nSPS) is 17.8. The second kappa shape index (κ2) is 4.14. The van der Waals surface area contributed by atoms with E-state index in [1.165, 1.54) is 19.3 Å². The zero-order valence-electron chi connectivity index (χ0n) is 9.15. The summed E-state index contributed by atoms with van der Waals surface area (Å²) in [6.45, 7) is 2.14. The number of nitrogens with zero attached hydrogens (tertiary/aromatic N) is 2. The molecule has 4 nitrogen and oxygen atoms in total. The van der Waals surface area contributed by atoms with Gasteiger partial charge in [0.25, 0.3) is 0 Å². The number of hydrazine groups is 1. The van der Waals surface area contributed by atoms with Crippen LogP contribution in [-0.4, -0.2) is 23.1 Å². The second-order valence-corrected chi connectivity index (χ2v) is 4.15. The average molecular weight is 217 g/mol. The van der Waals surface area contributed by atoms with Gasteiger partial charge >= 0.3 is 6.01 Å². The summed E-state index contributed by atoms with van der Waals surface area (Å²) in [6, 6.07) is 8.42. The first-order valence-electron chi connectivity index (χ1n) is 5.79. The summed E-state index contributed by atoms with van der Waals surface area (Å²) in [7, 11) is 0. The smallest absolute Gasteiger partial charge is 0.310 e. The number of aromatic nitrogens is 1. The van der Waals surface area contributed by atoms with Gasteiger partial charge < -0.3 is 4.42 Å². The highest BCUT2D eigenvalue weighted by molar-refractivity contribution is 5.73. The van der Waals surface area contributed by atoms with Crippen molar-refractivity contribution in [2.75, 3.05) is 18.5 Å². The van der Waals surface area contributed by atoms with E-state index in [4.69, 9.17) is 4.42 Å². The first-order chi connectivity index (χ1) is 7.92. The van der Waals surface area contributed by atoms with Crippen molar-refractivity contribution in [1.29, 1.82) is 0 Å². The predicted octanol–water partition coefficient (Wildman–Crippen LogP) is 2.64. The van der Waals surface area contributed by atoms with Crippen LogP contribution in [0.5, 0.6) is 0 Å². The van der Waals surface area contributed by atoms with Crippen molar-refractivity contribution in [2.24, 2.45) is 0 Å². The van der Waals surface area contributed by atoms with Crippen molar-refractivity contribution in [3.63, 3.8) is 0 Å². The third-order valence-electron chi connectivity index (χ3n) is 2.90. The lowest BCUT2D eigenvalue weighted by Gasteiger charge is -2.25. The minimum Gasteiger partial charge on any atom is -0.423 e. The topological polar surface area (TPSA) is 41.3 Å². The number of para-hydroxylation sites is 2. The molecule has 1 saturated heterocycles. The molecular weight excluding hydrogens is 202 g/mol. The van der Waals surface area contributed by atoms with Crippen LogP contribution in [0.3, 0.4) is 0 Å². The van der Waals surface area contributed by atoms with Gasteiger partial charge in [-0.15, -0.1) is 0 Å². The van der Waals surface area contributed by atoms with Gasteiger partial charge in [-0.1, -0.05) is 18.6 Å². The fraction of sp³-hybridized carbons (Fsp3) is 0.417. The van der Waals surface area contributed by atoms with E-state index in [1.807, 2.05) is 24.3 Å². The van der Waals surface area contributed by atoms with E-state index in [0.717, 1.165) is 24.2 Å². The average Bonchev–Trinajstić information content (AvgIpc) is 2.72. The highest BCUT2D eigenvalue weighted by Crippen LogP contribution is 2.19. The van der Waals surface area contributed by atoms with Gasteiger partial charge in [-0.3, -0.25) is 5.43 Å². The first-order valence-corrected chi connectivity index (χ1v) is 5.79. The number of anilines is 1. The van der Waals surface area contributed by atoms with Gasteiger partial charge in [-0.05, 0) is 25.0 Å². The molecule has 0 aliphatic carbocycles. The van der Waals surface area contributed by atoms with Gasteiger partial charge in [0.05, 0.1) is 0 Å². The quantitative estimate of drug-likeness (QED) is 0.839. The maximum atomic E-state index is 5.61. The van der Waals surface area contributed by atoms with Crippen molar-refractivity contribution in [1.82, 2.24) is 9.99 Å². The van der Waals surface area contributed by atoms with Gasteiger partial charge in [0.2, 0.25) is 0 Å². The monoisotopic (exact) mass is 217 g/mol. The zero-order valence-corrected chi connectivity index (χ0v) is 9.15. The van der Waals surface area contributed by atoms with E-state index >= 15 is 0 Å². The van der Waals surface area contributed by atoms with Crippen molar-refractivity contribution >= 4 is 17.1 Å². The van der Waals surface area contributed by atoms with Crippen LogP contribution in [0, 0.1) is 0 Å². The summed E-state index contributed by atoms with van der Waals surface area (Å²) in [5, 5.41) is 2.17. The first kappa shape index (κ1) is 9.66. The summed E-state index contributed by atoms with van der Waals surface area (Å²) in [5.41, 5.74) is 4.97. The highest BCUT2D eigenvalue weighted by atomic mass is 16.4. The van der Waals surface area contributed by atoms with Gasteiger partial charge in [0, 0.05) is 13.1 Å². The van der Waals surface area contributed by atoms with Crippen LogP contribution in [-0.2, 0) is 0 Å². The third kappa shape index (κ3) is 1.88. The molecule has 4 heteroatoms. The van der Waals surface area contributed by atoms with E-state index in [-0.39, 0.29) is 0 Å². The number of rotatable bonds is 2. The van der Waals surface area contributed by atoms with Crippen LogP contribution >= 0.6 is 0 Å². The molecule has 1 aromatic carbocycles. The summed E-state index contributed by atoms with van der Waals surface area (Å²) in [5.74, 6) is 0. The lowest BCUT2D eigenvalue weighted by atomic mass is 10.2. The third-order valence-corrected chi connectivity index (χ3v) is 2.90. The van der Waals surface area contributed by atoms with Crippen molar-refractivity contribution in [2.45, 2.75) is 19.3 Å². The molecule has 1 fully saturated rings. The van der Waals surface area contributed by atoms with Crippen LogP contribution in [0.15, 0.2) is 28.7 Å². The maximum absolute atomic E-state index is 5.61. The van der Waals surface area contributed by atoms with E-state index in [0.29, 0.717) is 6.01 Å². The lowest BCUT2D eigenvalue weighted by molar-refractivity contribution is 0.265. The molecule has 16 heavy (non-hydrogen) atoms. The number of fused-ring (bicyclic) bond motifs is 1. The molecule has 0 unspecified atom stereocenters. The Labute approximate surface area is 94.2 Å². The predicted molar refractivity (Wildman–Crippen MR) is 63.1 cm³/mol. The standard InChI is InChI=1S/C12H15N3O/c1-4-8-15(9-5-1)14-12-13-10-6-2-3-7-11(10)16-12/h2-3,6-7H,1,4-5,8-9H2,(H,13,14). The van der Waals surface area contributed by atoms with Crippen LogP contribution in [0.4, 0.5) is 6.01 Å². The molecular formula is C12H15N3O. The summed E-state index contributed by atoms with van der Waals surface area (Å²) >= 11 is 0. The van der Waals surface area contributed by atoms with E-state index in [9.17, 15) is 0 Å². The number of nitrogens with one attached hydrogen (secondary N) is 1. The molecule has 0 saturated carbocycles. The Morgan fingerprint density at radius 1 is 1.12 bits per heavy atom. The minimum atomic E-state index is 0.600. The minimum absolute atomic E-state index is 0.600. The van der Waals surface area contributed by atoms with E-state index in [1.54, 1.807) is 0 Å². The number of oxazole rings is 1. The Kier molecular flexibility index (Phi) is 2.50. The molecule has 0 atom stereocenters. The molecule has 84 valence electrons. The Bertz CT molecular complexity index is 441. The summed E-state index contributed by atoms with van der Waals surface area (Å²) in [4.78, 5) is 4.39. The van der Waals surface area contributed by atoms with E-state index < -0.39 is 0 Å². The SMILES string of the molecule is c1ccc2oc(NN3CCCCC3)nc2c1. The van der Waals surface area contributed by atoms with Crippen molar-refractivity contribution in [3.05, 3.63) is 24.3 Å². The van der Waals surface area contributed by atoms with Gasteiger partial charge in [-0.2, -0.15) is 4.98 Å². The number of piperidine rings is 1. The Balaban J connectivity index is 1.78. The van der Waals surface area contributed by atoms with Gasteiger partial charge in [0.15, 0.2) is 5.58 Å². The molecule has 3 rings (SSSR count). The molecule has 0 bridgehead atoms. The number of benzene rings is 1. The molecule has 0 amide bonds. The highest BCUT2D eigenvalue weighted by Gasteiger charge is 2.12. The van der Waals surface area contributed by atoms with Crippen molar-refractivity contribution in [3.8, 4) is 0 Å². The Morgan fingerprint density at radius 2 is 1.94 bits per heavy atom. The molecule has 1 aromatic heterocycles. The molecule has 1 N–H and O–H groups in total. The molecule has 2 aromatic rings. The summed E-state index contributed by atoms with van der Waals surface area (Å²) < 4.78 is 5.61. The lowest BCUT2D eigenvalue weighted by Crippen LogP contribution is -2.34. The van der Waals surface area contributed by atoms with Crippen LogP contribution in [0.25, 0.3) is 11.1 Å². The molecule has 1 aliphatic rings. The summed E-state index contributed by atoms with van der Waals surface area (Å²) in [6.07, 6.45) is 3.81. The van der Waals surface area contributed by atoms with Crippen LogP contribution in [0.2, 0.25) is 0 Å². The molecule has 0 radical (unpaired) electrons. The van der Waals surface area contributed by atoms with E-state index in [2.05, 4.69) is 15.4 Å². The second-order valence-electron chi connectivity index (χ2n) is 4.15. The molecule has 2 heterocycles. The zero-order chi connectivity index (χ0) is 10.8. The van der Waals surface area contributed by atoms with Crippen LogP contribution in [0.1, 0.15) is 19.3 Å². The number of hydrogen-bond acceptors (Lipinski definition) is 4. The molecule has 1 aliphatic heterocycles. The fourth-order valence-corrected chi connectivity index (χ4v) is 2.06. The molecule has 0 spiro atoms.